The minimum absolute atomic E-state index is 0. The number of rotatable bonds is 4. The zero-order valence-corrected chi connectivity index (χ0v) is 31.8. The Morgan fingerprint density at radius 1 is 0.708 bits per heavy atom. The van der Waals surface area contributed by atoms with Crippen molar-refractivity contribution in [1.29, 1.82) is 0 Å². The maximum absolute atomic E-state index is 5.48. The molecule has 3 heterocycles. The summed E-state index contributed by atoms with van der Waals surface area (Å²) >= 11 is 0. The Balaban J connectivity index is 0.00000401. The quantitative estimate of drug-likeness (QED) is 0.166. The van der Waals surface area contributed by atoms with Crippen LogP contribution in [0.1, 0.15) is 69.6 Å². The number of aromatic nitrogens is 5. The first-order chi connectivity index (χ1) is 22.2. The van der Waals surface area contributed by atoms with Gasteiger partial charge in [0.2, 0.25) is 0 Å². The monoisotopic (exact) mass is 812 g/mol. The summed E-state index contributed by atoms with van der Waals surface area (Å²) in [6.45, 7) is 20.3. The third kappa shape index (κ3) is 5.56. The normalized spacial score (nSPS) is 12.2. The fourth-order valence-corrected chi connectivity index (χ4v) is 7.22. The molecule has 0 aliphatic heterocycles. The van der Waals surface area contributed by atoms with Gasteiger partial charge in [-0.05, 0) is 60.3 Å². The second-order valence-electron chi connectivity index (χ2n) is 15.0. The van der Waals surface area contributed by atoms with Gasteiger partial charge in [0.1, 0.15) is 0 Å². The fraction of sp³-hybridized carbons (Fsp3) is 0.286. The number of aryl methyl sites for hydroxylation is 4. The van der Waals surface area contributed by atoms with Crippen molar-refractivity contribution < 1.29 is 21.1 Å². The number of fused-ring (bicyclic) bond motifs is 3. The van der Waals surface area contributed by atoms with Crippen molar-refractivity contribution in [3.8, 4) is 33.9 Å². The average molecular weight is 813 g/mol. The summed E-state index contributed by atoms with van der Waals surface area (Å²) in [5.74, 6) is 0.882. The molecular weight excluding hydrogens is 770 g/mol. The number of hydrogen-bond donors (Lipinski definition) is 0. The predicted octanol–water partition coefficient (Wildman–Crippen LogP) is 10.2. The van der Waals surface area contributed by atoms with E-state index in [1.807, 2.05) is 24.0 Å². The summed E-state index contributed by atoms with van der Waals surface area (Å²) in [6.07, 6.45) is 3.79. The van der Waals surface area contributed by atoms with Gasteiger partial charge in [0, 0.05) is 41.4 Å². The van der Waals surface area contributed by atoms with E-state index in [0.29, 0.717) is 0 Å². The molecule has 5 nitrogen and oxygen atoms in total. The van der Waals surface area contributed by atoms with Crippen LogP contribution in [-0.2, 0) is 38.9 Å². The first kappa shape index (κ1) is 33.7. The van der Waals surface area contributed by atoms with Crippen molar-refractivity contribution in [3.05, 3.63) is 119 Å². The first-order valence-electron chi connectivity index (χ1n) is 16.4. The molecule has 0 saturated heterocycles. The van der Waals surface area contributed by atoms with Gasteiger partial charge in [-0.3, -0.25) is 9.67 Å². The van der Waals surface area contributed by atoms with E-state index in [1.54, 1.807) is 0 Å². The number of benzene rings is 4. The average Bonchev–Trinajstić information content (AvgIpc) is 3.70. The summed E-state index contributed by atoms with van der Waals surface area (Å²) in [5, 5.41) is 7.80. The molecule has 246 valence electrons. The van der Waals surface area contributed by atoms with Crippen LogP contribution in [-0.4, -0.2) is 23.9 Å². The van der Waals surface area contributed by atoms with Crippen LogP contribution < -0.4 is 0 Å². The second kappa shape index (κ2) is 12.0. The van der Waals surface area contributed by atoms with Gasteiger partial charge in [0.25, 0.3) is 0 Å². The van der Waals surface area contributed by atoms with Crippen LogP contribution in [0.15, 0.2) is 79.1 Å². The van der Waals surface area contributed by atoms with E-state index in [0.717, 1.165) is 44.9 Å². The molecule has 0 amide bonds. The smallest absolute Gasteiger partial charge is 0.373 e. The Morgan fingerprint density at radius 2 is 1.42 bits per heavy atom. The minimum Gasteiger partial charge on any atom is -0.373 e. The van der Waals surface area contributed by atoms with Crippen molar-refractivity contribution in [2.75, 3.05) is 0 Å². The maximum atomic E-state index is 5.48. The maximum Gasteiger partial charge on any atom is 2.00 e. The summed E-state index contributed by atoms with van der Waals surface area (Å²) < 4.78 is 6.48. The number of imidazole rings is 1. The summed E-state index contributed by atoms with van der Waals surface area (Å²) in [4.78, 5) is 4.59. The Bertz CT molecular complexity index is 2290. The molecule has 3 aromatic heterocycles. The molecule has 0 saturated carbocycles. The summed E-state index contributed by atoms with van der Waals surface area (Å²) in [7, 11) is 2.01. The molecule has 0 bridgehead atoms. The molecule has 4 aromatic carbocycles. The van der Waals surface area contributed by atoms with Crippen LogP contribution in [0.4, 0.5) is 0 Å². The van der Waals surface area contributed by atoms with Crippen LogP contribution in [0, 0.1) is 32.9 Å². The third-order valence-electron chi connectivity index (χ3n) is 9.11. The molecule has 6 heteroatoms. The zero-order valence-electron chi connectivity index (χ0n) is 29.6. The molecule has 0 radical (unpaired) electrons. The molecule has 0 aliphatic carbocycles. The van der Waals surface area contributed by atoms with Crippen molar-refractivity contribution in [3.63, 3.8) is 0 Å². The van der Waals surface area contributed by atoms with Gasteiger partial charge in [-0.1, -0.05) is 83.0 Å². The molecule has 0 spiro atoms. The predicted molar refractivity (Wildman–Crippen MR) is 195 cm³/mol. The van der Waals surface area contributed by atoms with E-state index in [-0.39, 0.29) is 31.9 Å². The van der Waals surface area contributed by atoms with Crippen LogP contribution in [0.25, 0.3) is 55.7 Å². The van der Waals surface area contributed by atoms with Crippen LogP contribution in [0.5, 0.6) is 0 Å². The van der Waals surface area contributed by atoms with E-state index < -0.39 is 0 Å². The number of nitrogens with zero attached hydrogens (tertiary/aromatic N) is 5. The molecular formula is C42H43N5Pt. The molecule has 0 N–H and O–H groups in total. The summed E-state index contributed by atoms with van der Waals surface area (Å²) in [5.41, 5.74) is 13.2. The number of para-hydroxylation sites is 1. The van der Waals surface area contributed by atoms with Crippen LogP contribution in [0.3, 0.4) is 0 Å². The van der Waals surface area contributed by atoms with E-state index in [2.05, 4.69) is 155 Å². The van der Waals surface area contributed by atoms with Gasteiger partial charge in [0.05, 0.1) is 17.2 Å². The Kier molecular flexibility index (Phi) is 8.45. The fourth-order valence-electron chi connectivity index (χ4n) is 7.22. The van der Waals surface area contributed by atoms with Crippen molar-refractivity contribution >= 4 is 21.8 Å². The largest absolute Gasteiger partial charge is 2.00 e. The molecule has 0 fully saturated rings. The molecule has 48 heavy (non-hydrogen) atoms. The first-order valence-corrected chi connectivity index (χ1v) is 16.4. The topological polar surface area (TPSA) is 40.6 Å². The van der Waals surface area contributed by atoms with Crippen molar-refractivity contribution in [2.45, 2.75) is 73.1 Å². The standard InChI is InChI=1S/C42H43N5.Pt/c1-26-22-27(2)36(28(3)23-26)37-38(41(4,5)6)44-47(39(37)42(7,8)9)31-18-19-33-32-16-11-12-17-34(32)46(35(33)25-31)30-15-13-14-29(24-30)40-43-20-21-45(40)10;/h11-23H,1-10H3;/q-2;+2. The van der Waals surface area contributed by atoms with Gasteiger partial charge in [0.15, 0.2) is 0 Å². The molecule has 0 unspecified atom stereocenters. The SMILES string of the molecule is Cc1cc(C)c(-c2c(C(C)(C)C)nn(-c3[c-]c4c(cc3)c3ccccc3n4-c3[c-]c(-c4nccn4C)ccc3)c2C(C)(C)C)c(C)c1.[Pt+2]. The Labute approximate surface area is 298 Å². The molecule has 7 aromatic rings. The van der Waals surface area contributed by atoms with E-state index in [9.17, 15) is 0 Å². The van der Waals surface area contributed by atoms with E-state index >= 15 is 0 Å². The van der Waals surface area contributed by atoms with Crippen LogP contribution in [0.2, 0.25) is 0 Å². The minimum atomic E-state index is -0.199. The molecule has 0 aliphatic rings. The Morgan fingerprint density at radius 3 is 2.06 bits per heavy atom. The number of hydrogen-bond acceptors (Lipinski definition) is 2. The molecule has 0 atom stereocenters. The van der Waals surface area contributed by atoms with Gasteiger partial charge in [-0.25, -0.2) is 0 Å². The van der Waals surface area contributed by atoms with Crippen LogP contribution >= 0.6 is 0 Å². The third-order valence-corrected chi connectivity index (χ3v) is 9.11. The van der Waals surface area contributed by atoms with Gasteiger partial charge in [-0.2, -0.15) is 11.2 Å². The van der Waals surface area contributed by atoms with Crippen molar-refractivity contribution in [2.24, 2.45) is 7.05 Å². The van der Waals surface area contributed by atoms with Gasteiger partial charge < -0.3 is 9.13 Å². The van der Waals surface area contributed by atoms with Gasteiger partial charge >= 0.3 is 21.1 Å². The Hall–Kier alpha value is -4.21. The molecule has 7 rings (SSSR count). The van der Waals surface area contributed by atoms with Crippen molar-refractivity contribution in [1.82, 2.24) is 23.9 Å². The van der Waals surface area contributed by atoms with E-state index in [1.165, 1.54) is 38.9 Å². The van der Waals surface area contributed by atoms with E-state index in [4.69, 9.17) is 5.10 Å². The second-order valence-corrected chi connectivity index (χ2v) is 15.0. The summed E-state index contributed by atoms with van der Waals surface area (Å²) in [6, 6.07) is 31.4. The zero-order chi connectivity index (χ0) is 33.4. The van der Waals surface area contributed by atoms with Gasteiger partial charge in [-0.15, -0.1) is 47.3 Å².